The number of fused-ring (bicyclic) bond motifs is 3. The maximum Gasteiger partial charge on any atom is 0.152 e. The van der Waals surface area contributed by atoms with Crippen LogP contribution in [0.1, 0.15) is 29.5 Å². The van der Waals surface area contributed by atoms with Crippen LogP contribution >= 0.6 is 0 Å². The van der Waals surface area contributed by atoms with Crippen LogP contribution in [0.3, 0.4) is 0 Å². The van der Waals surface area contributed by atoms with Crippen molar-refractivity contribution in [3.63, 3.8) is 0 Å². The van der Waals surface area contributed by atoms with E-state index in [-0.39, 0.29) is 0 Å². The Morgan fingerprint density at radius 3 is 3.06 bits per heavy atom. The molecule has 1 aromatic heterocycles. The molecule has 1 fully saturated rings. The van der Waals surface area contributed by atoms with E-state index in [1.807, 2.05) is 0 Å². The van der Waals surface area contributed by atoms with Gasteiger partial charge in [0.05, 0.1) is 5.69 Å². The SMILES string of the molecule is Cc1ccc2c(c1)-c1[nH]nc(NC3CC3)c1C2. The molecule has 86 valence electrons. The number of benzene rings is 1. The first-order valence-corrected chi connectivity index (χ1v) is 6.25. The molecule has 2 aromatic rings. The van der Waals surface area contributed by atoms with E-state index in [9.17, 15) is 0 Å². The Kier molecular flexibility index (Phi) is 1.71. The molecule has 3 nitrogen and oxygen atoms in total. The fourth-order valence-corrected chi connectivity index (χ4v) is 2.57. The van der Waals surface area contributed by atoms with Crippen molar-refractivity contribution in [3.8, 4) is 11.3 Å². The van der Waals surface area contributed by atoms with Gasteiger partial charge in [0.25, 0.3) is 0 Å². The molecule has 1 heterocycles. The van der Waals surface area contributed by atoms with Crippen molar-refractivity contribution in [2.75, 3.05) is 5.32 Å². The third-order valence-corrected chi connectivity index (χ3v) is 3.69. The number of hydrogen-bond acceptors (Lipinski definition) is 2. The summed E-state index contributed by atoms with van der Waals surface area (Å²) in [6.45, 7) is 2.14. The van der Waals surface area contributed by atoms with Crippen molar-refractivity contribution < 1.29 is 0 Å². The second kappa shape index (κ2) is 3.13. The Morgan fingerprint density at radius 2 is 2.24 bits per heavy atom. The third-order valence-electron chi connectivity index (χ3n) is 3.69. The molecule has 17 heavy (non-hydrogen) atoms. The zero-order chi connectivity index (χ0) is 11.4. The normalized spacial score (nSPS) is 16.8. The van der Waals surface area contributed by atoms with E-state index >= 15 is 0 Å². The molecule has 2 N–H and O–H groups in total. The maximum absolute atomic E-state index is 4.41. The van der Waals surface area contributed by atoms with Gasteiger partial charge in [0, 0.05) is 23.6 Å². The van der Waals surface area contributed by atoms with E-state index in [2.05, 4.69) is 40.6 Å². The number of rotatable bonds is 2. The first-order chi connectivity index (χ1) is 8.31. The monoisotopic (exact) mass is 225 g/mol. The van der Waals surface area contributed by atoms with Crippen LogP contribution in [-0.4, -0.2) is 16.2 Å². The highest BCUT2D eigenvalue weighted by Gasteiger charge is 2.28. The highest BCUT2D eigenvalue weighted by Crippen LogP contribution is 2.40. The largest absolute Gasteiger partial charge is 0.366 e. The molecule has 0 aliphatic heterocycles. The van der Waals surface area contributed by atoms with E-state index in [0.717, 1.165) is 12.2 Å². The molecular weight excluding hydrogens is 210 g/mol. The van der Waals surface area contributed by atoms with Gasteiger partial charge in [0.2, 0.25) is 0 Å². The molecule has 0 amide bonds. The van der Waals surface area contributed by atoms with Crippen LogP contribution < -0.4 is 5.32 Å². The molecule has 0 atom stereocenters. The molecule has 0 saturated heterocycles. The van der Waals surface area contributed by atoms with Crippen molar-refractivity contribution in [3.05, 3.63) is 34.9 Å². The van der Waals surface area contributed by atoms with Gasteiger partial charge in [-0.15, -0.1) is 0 Å². The predicted molar refractivity (Wildman–Crippen MR) is 68.2 cm³/mol. The standard InChI is InChI=1S/C14H15N3/c1-8-2-3-9-7-12-13(11(9)6-8)16-17-14(12)15-10-4-5-10/h2-3,6,10H,4-5,7H2,1H3,(H2,15,16,17). The van der Waals surface area contributed by atoms with Gasteiger partial charge in [-0.1, -0.05) is 17.7 Å². The summed E-state index contributed by atoms with van der Waals surface area (Å²) < 4.78 is 0. The van der Waals surface area contributed by atoms with Gasteiger partial charge in [0.15, 0.2) is 5.82 Å². The molecule has 2 aliphatic carbocycles. The minimum Gasteiger partial charge on any atom is -0.366 e. The molecule has 0 unspecified atom stereocenters. The quantitative estimate of drug-likeness (QED) is 0.704. The Hall–Kier alpha value is -1.77. The van der Waals surface area contributed by atoms with E-state index in [0.29, 0.717) is 6.04 Å². The lowest BCUT2D eigenvalue weighted by Gasteiger charge is -2.02. The summed E-state index contributed by atoms with van der Waals surface area (Å²) in [7, 11) is 0. The predicted octanol–water partition coefficient (Wildman–Crippen LogP) is 2.86. The smallest absolute Gasteiger partial charge is 0.152 e. The molecule has 4 rings (SSSR count). The van der Waals surface area contributed by atoms with E-state index in [1.165, 1.54) is 40.8 Å². The van der Waals surface area contributed by atoms with Crippen molar-refractivity contribution in [1.82, 2.24) is 10.2 Å². The zero-order valence-corrected chi connectivity index (χ0v) is 9.88. The number of anilines is 1. The number of nitrogens with one attached hydrogen (secondary N) is 2. The third kappa shape index (κ3) is 1.38. The zero-order valence-electron chi connectivity index (χ0n) is 9.88. The van der Waals surface area contributed by atoms with Gasteiger partial charge >= 0.3 is 0 Å². The molecule has 1 saturated carbocycles. The van der Waals surface area contributed by atoms with Crippen LogP contribution in [0.2, 0.25) is 0 Å². The molecule has 2 aliphatic rings. The van der Waals surface area contributed by atoms with Crippen molar-refractivity contribution >= 4 is 5.82 Å². The Bertz CT molecular complexity index is 594. The van der Waals surface area contributed by atoms with Crippen LogP contribution in [0.25, 0.3) is 11.3 Å². The number of hydrogen-bond donors (Lipinski definition) is 2. The number of aromatic nitrogens is 2. The topological polar surface area (TPSA) is 40.7 Å². The molecule has 0 bridgehead atoms. The number of H-pyrrole nitrogens is 1. The van der Waals surface area contributed by atoms with Gasteiger partial charge in [-0.05, 0) is 31.4 Å². The summed E-state index contributed by atoms with van der Waals surface area (Å²) in [4.78, 5) is 0. The van der Waals surface area contributed by atoms with Gasteiger partial charge in [-0.25, -0.2) is 0 Å². The first-order valence-electron chi connectivity index (χ1n) is 6.25. The molecule has 3 heteroatoms. The average Bonchev–Trinajstić information content (AvgIpc) is 2.93. The summed E-state index contributed by atoms with van der Waals surface area (Å²) in [6, 6.07) is 7.33. The van der Waals surface area contributed by atoms with Gasteiger partial charge in [-0.3, -0.25) is 5.10 Å². The van der Waals surface area contributed by atoms with Crippen molar-refractivity contribution in [1.29, 1.82) is 0 Å². The summed E-state index contributed by atoms with van der Waals surface area (Å²) in [5.41, 5.74) is 6.61. The van der Waals surface area contributed by atoms with E-state index in [1.54, 1.807) is 0 Å². The summed E-state index contributed by atoms with van der Waals surface area (Å²) >= 11 is 0. The first kappa shape index (κ1) is 9.28. The summed E-state index contributed by atoms with van der Waals surface area (Å²) in [5, 5.41) is 11.1. The molecule has 0 radical (unpaired) electrons. The van der Waals surface area contributed by atoms with Crippen LogP contribution in [0.4, 0.5) is 5.82 Å². The Labute approximate surface area is 100 Å². The van der Waals surface area contributed by atoms with Crippen molar-refractivity contribution in [2.24, 2.45) is 0 Å². The van der Waals surface area contributed by atoms with Gasteiger partial charge < -0.3 is 5.32 Å². The summed E-state index contributed by atoms with van der Waals surface area (Å²) in [5.74, 6) is 1.07. The fraction of sp³-hybridized carbons (Fsp3) is 0.357. The van der Waals surface area contributed by atoms with Crippen LogP contribution in [0, 0.1) is 6.92 Å². The Morgan fingerprint density at radius 1 is 1.35 bits per heavy atom. The average molecular weight is 225 g/mol. The highest BCUT2D eigenvalue weighted by molar-refractivity contribution is 5.78. The van der Waals surface area contributed by atoms with Crippen molar-refractivity contribution in [2.45, 2.75) is 32.2 Å². The number of nitrogens with zero attached hydrogens (tertiary/aromatic N) is 1. The fourth-order valence-electron chi connectivity index (χ4n) is 2.57. The minimum absolute atomic E-state index is 0.660. The number of aryl methyl sites for hydroxylation is 1. The minimum atomic E-state index is 0.660. The lowest BCUT2D eigenvalue weighted by Crippen LogP contribution is -2.03. The van der Waals surface area contributed by atoms with E-state index < -0.39 is 0 Å². The van der Waals surface area contributed by atoms with Crippen LogP contribution in [0.5, 0.6) is 0 Å². The van der Waals surface area contributed by atoms with Gasteiger partial charge in [-0.2, -0.15) is 5.10 Å². The summed E-state index contributed by atoms with van der Waals surface area (Å²) in [6.07, 6.45) is 3.58. The second-order valence-corrected chi connectivity index (χ2v) is 5.18. The van der Waals surface area contributed by atoms with E-state index in [4.69, 9.17) is 0 Å². The molecule has 0 spiro atoms. The maximum atomic E-state index is 4.41. The molecular formula is C14H15N3. The highest BCUT2D eigenvalue weighted by atomic mass is 15.2. The lowest BCUT2D eigenvalue weighted by molar-refractivity contribution is 1.04. The number of aromatic amines is 1. The van der Waals surface area contributed by atoms with Crippen LogP contribution in [0.15, 0.2) is 18.2 Å². The Balaban J connectivity index is 1.79. The lowest BCUT2D eigenvalue weighted by atomic mass is 10.1. The second-order valence-electron chi connectivity index (χ2n) is 5.18. The van der Waals surface area contributed by atoms with Crippen LogP contribution in [-0.2, 0) is 6.42 Å². The van der Waals surface area contributed by atoms with Gasteiger partial charge in [0.1, 0.15) is 0 Å². The molecule has 1 aromatic carbocycles.